The minimum atomic E-state index is -1.23. The van der Waals surface area contributed by atoms with Gasteiger partial charge in [-0.2, -0.15) is 8.78 Å². The van der Waals surface area contributed by atoms with E-state index in [2.05, 4.69) is 6.92 Å². The Bertz CT molecular complexity index is 964. The molecule has 2 fully saturated rings. The Kier molecular flexibility index (Phi) is 8.23. The van der Waals surface area contributed by atoms with Gasteiger partial charge in [-0.3, -0.25) is 0 Å². The average molecular weight is 471 g/mol. The van der Waals surface area contributed by atoms with Crippen LogP contribution >= 0.6 is 0 Å². The van der Waals surface area contributed by atoms with E-state index >= 15 is 0 Å². The van der Waals surface area contributed by atoms with Crippen LogP contribution in [0.4, 0.5) is 8.78 Å². The predicted molar refractivity (Wildman–Crippen MR) is 129 cm³/mol. The van der Waals surface area contributed by atoms with Crippen molar-refractivity contribution in [1.82, 2.24) is 0 Å². The van der Waals surface area contributed by atoms with Gasteiger partial charge in [-0.25, -0.2) is 4.79 Å². The molecule has 4 rings (SSSR count). The van der Waals surface area contributed by atoms with Crippen LogP contribution in [0.25, 0.3) is 0 Å². The quantitative estimate of drug-likeness (QED) is 0.289. The lowest BCUT2D eigenvalue weighted by atomic mass is 9.73. The number of benzene rings is 2. The number of hydrogen-bond donors (Lipinski definition) is 0. The average Bonchev–Trinajstić information content (AvgIpc) is 3.33. The molecule has 0 N–H and O–H groups in total. The highest BCUT2D eigenvalue weighted by atomic mass is 19.2. The molecule has 0 radical (unpaired) electrons. The van der Waals surface area contributed by atoms with Crippen molar-refractivity contribution in [2.24, 2.45) is 17.8 Å². The summed E-state index contributed by atoms with van der Waals surface area (Å²) < 4.78 is 38.4. The molecule has 34 heavy (non-hydrogen) atoms. The van der Waals surface area contributed by atoms with Gasteiger partial charge in [-0.05, 0) is 98.9 Å². The largest absolute Gasteiger partial charge is 0.491 e. The molecule has 0 aromatic heterocycles. The smallest absolute Gasteiger partial charge is 0.343 e. The third kappa shape index (κ3) is 5.61. The van der Waals surface area contributed by atoms with E-state index in [1.54, 1.807) is 19.1 Å². The maximum atomic E-state index is 14.2. The van der Waals surface area contributed by atoms with Crippen LogP contribution in [0.3, 0.4) is 0 Å². The van der Waals surface area contributed by atoms with Gasteiger partial charge in [0.15, 0.2) is 11.5 Å². The Morgan fingerprint density at radius 3 is 2.18 bits per heavy atom. The molecule has 0 heterocycles. The summed E-state index contributed by atoms with van der Waals surface area (Å²) in [6.07, 6.45) is 11.9. The Morgan fingerprint density at radius 1 is 0.853 bits per heavy atom. The summed E-state index contributed by atoms with van der Waals surface area (Å²) in [5.41, 5.74) is 1.56. The molecule has 2 aliphatic rings. The van der Waals surface area contributed by atoms with Gasteiger partial charge in [0.05, 0.1) is 12.2 Å². The Morgan fingerprint density at radius 2 is 1.50 bits per heavy atom. The van der Waals surface area contributed by atoms with Crippen LogP contribution in [0.2, 0.25) is 0 Å². The van der Waals surface area contributed by atoms with E-state index in [9.17, 15) is 13.6 Å². The standard InChI is InChI=1S/C29H36F2O3/c1-3-5-19-6-7-24(18-19)22-10-8-20(9-11-22)21-12-14-23(15-13-21)29(32)34-26-17-16-25(33-4-2)27(30)28(26)31/h12-17,19-20,22,24H,3-11,18H2,1-2H3. The van der Waals surface area contributed by atoms with E-state index in [-0.39, 0.29) is 12.4 Å². The third-order valence-corrected chi connectivity index (χ3v) is 7.85. The number of carbonyl (C=O) groups excluding carboxylic acids is 1. The summed E-state index contributed by atoms with van der Waals surface area (Å²) >= 11 is 0. The number of hydrogen-bond acceptors (Lipinski definition) is 3. The summed E-state index contributed by atoms with van der Waals surface area (Å²) in [5.74, 6) is -0.471. The zero-order valence-corrected chi connectivity index (χ0v) is 20.3. The molecule has 2 saturated carbocycles. The number of rotatable bonds is 8. The number of halogens is 2. The van der Waals surface area contributed by atoms with Crippen LogP contribution in [0.5, 0.6) is 11.5 Å². The molecule has 5 heteroatoms. The van der Waals surface area contributed by atoms with Crippen LogP contribution in [-0.2, 0) is 0 Å². The number of esters is 1. The normalized spacial score (nSPS) is 24.7. The second-order valence-corrected chi connectivity index (χ2v) is 9.97. The van der Waals surface area contributed by atoms with E-state index < -0.39 is 23.4 Å². The fourth-order valence-corrected chi connectivity index (χ4v) is 6.05. The molecule has 0 amide bonds. The van der Waals surface area contributed by atoms with Gasteiger partial charge in [0.2, 0.25) is 11.6 Å². The fraction of sp³-hybridized carbons (Fsp3) is 0.552. The highest BCUT2D eigenvalue weighted by Crippen LogP contribution is 2.46. The van der Waals surface area contributed by atoms with Crippen LogP contribution in [0.1, 0.15) is 93.5 Å². The molecule has 2 aliphatic carbocycles. The maximum Gasteiger partial charge on any atom is 0.343 e. The minimum Gasteiger partial charge on any atom is -0.491 e. The van der Waals surface area contributed by atoms with Crippen molar-refractivity contribution in [3.63, 3.8) is 0 Å². The second kappa shape index (κ2) is 11.3. The zero-order chi connectivity index (χ0) is 24.1. The molecule has 0 aliphatic heterocycles. The van der Waals surface area contributed by atoms with Gasteiger partial charge >= 0.3 is 5.97 Å². The molecule has 0 bridgehead atoms. The minimum absolute atomic E-state index is 0.201. The van der Waals surface area contributed by atoms with Gasteiger partial charge in [0.1, 0.15) is 0 Å². The van der Waals surface area contributed by atoms with E-state index in [1.807, 2.05) is 12.1 Å². The van der Waals surface area contributed by atoms with Crippen LogP contribution in [0, 0.1) is 29.4 Å². The highest BCUT2D eigenvalue weighted by molar-refractivity contribution is 5.91. The molecule has 2 aromatic carbocycles. The predicted octanol–water partition coefficient (Wildman–Crippen LogP) is 8.07. The van der Waals surface area contributed by atoms with Crippen molar-refractivity contribution in [2.75, 3.05) is 6.61 Å². The van der Waals surface area contributed by atoms with Gasteiger partial charge in [0, 0.05) is 0 Å². The lowest BCUT2D eigenvalue weighted by Gasteiger charge is -2.32. The van der Waals surface area contributed by atoms with Crippen LogP contribution in [-0.4, -0.2) is 12.6 Å². The van der Waals surface area contributed by atoms with Crippen molar-refractivity contribution in [3.05, 3.63) is 59.2 Å². The van der Waals surface area contributed by atoms with Crippen LogP contribution < -0.4 is 9.47 Å². The first-order valence-corrected chi connectivity index (χ1v) is 12.9. The van der Waals surface area contributed by atoms with Crippen molar-refractivity contribution >= 4 is 5.97 Å². The second-order valence-electron chi connectivity index (χ2n) is 9.97. The first-order chi connectivity index (χ1) is 16.5. The zero-order valence-electron chi connectivity index (χ0n) is 20.3. The van der Waals surface area contributed by atoms with Gasteiger partial charge in [-0.15, -0.1) is 0 Å². The SMILES string of the molecule is CCCC1CCC(C2CCC(c3ccc(C(=O)Oc4ccc(OCC)c(F)c4F)cc3)CC2)C1. The Hall–Kier alpha value is -2.43. The third-order valence-electron chi connectivity index (χ3n) is 7.85. The summed E-state index contributed by atoms with van der Waals surface area (Å²) in [6.45, 7) is 4.18. The summed E-state index contributed by atoms with van der Waals surface area (Å²) in [5, 5.41) is 0. The molecule has 0 saturated heterocycles. The Balaban J connectivity index is 1.31. The molecule has 184 valence electrons. The molecule has 2 unspecified atom stereocenters. The van der Waals surface area contributed by atoms with Crippen molar-refractivity contribution in [1.29, 1.82) is 0 Å². The van der Waals surface area contributed by atoms with Gasteiger partial charge in [-0.1, -0.05) is 38.3 Å². The lowest BCUT2D eigenvalue weighted by Crippen LogP contribution is -2.20. The van der Waals surface area contributed by atoms with Crippen molar-refractivity contribution in [3.8, 4) is 11.5 Å². The molecule has 2 atom stereocenters. The summed E-state index contributed by atoms with van der Waals surface area (Å²) in [7, 11) is 0. The Labute approximate surface area is 201 Å². The lowest BCUT2D eigenvalue weighted by molar-refractivity contribution is 0.0726. The van der Waals surface area contributed by atoms with Crippen molar-refractivity contribution < 1.29 is 23.0 Å². The highest BCUT2D eigenvalue weighted by Gasteiger charge is 2.33. The van der Waals surface area contributed by atoms with Crippen LogP contribution in [0.15, 0.2) is 36.4 Å². The number of carbonyl (C=O) groups is 1. The number of ether oxygens (including phenoxy) is 2. The molecular formula is C29H36F2O3. The van der Waals surface area contributed by atoms with E-state index in [0.29, 0.717) is 11.5 Å². The fourth-order valence-electron chi connectivity index (χ4n) is 6.05. The van der Waals surface area contributed by atoms with Crippen molar-refractivity contribution in [2.45, 2.75) is 77.6 Å². The monoisotopic (exact) mass is 470 g/mol. The van der Waals surface area contributed by atoms with Gasteiger partial charge in [0.25, 0.3) is 0 Å². The van der Waals surface area contributed by atoms with E-state index in [1.165, 1.54) is 75.5 Å². The molecular weight excluding hydrogens is 434 g/mol. The maximum absolute atomic E-state index is 14.2. The van der Waals surface area contributed by atoms with E-state index in [4.69, 9.17) is 9.47 Å². The summed E-state index contributed by atoms with van der Waals surface area (Å²) in [4.78, 5) is 12.5. The van der Waals surface area contributed by atoms with E-state index in [0.717, 1.165) is 17.8 Å². The summed E-state index contributed by atoms with van der Waals surface area (Å²) in [6, 6.07) is 9.87. The van der Waals surface area contributed by atoms with Gasteiger partial charge < -0.3 is 9.47 Å². The molecule has 0 spiro atoms. The first-order valence-electron chi connectivity index (χ1n) is 12.9. The molecule has 3 nitrogen and oxygen atoms in total. The first kappa shape index (κ1) is 24.7. The topological polar surface area (TPSA) is 35.5 Å². The molecule has 2 aromatic rings.